The van der Waals surface area contributed by atoms with Gasteiger partial charge in [0.2, 0.25) is 0 Å². The van der Waals surface area contributed by atoms with Crippen LogP contribution in [0.1, 0.15) is 0 Å². The fourth-order valence-corrected chi connectivity index (χ4v) is 1.42. The van der Waals surface area contributed by atoms with Crippen LogP contribution in [-0.4, -0.2) is 16.3 Å². The maximum absolute atomic E-state index is 4.10. The van der Waals surface area contributed by atoms with Crippen molar-refractivity contribution < 1.29 is 0 Å². The first kappa shape index (κ1) is 5.29. The molecule has 0 fully saturated rings. The summed E-state index contributed by atoms with van der Waals surface area (Å²) in [5.41, 5.74) is 0. The van der Waals surface area contributed by atoms with Gasteiger partial charge in [-0.25, -0.2) is 4.68 Å². The maximum Gasteiger partial charge on any atom is 0.138 e. The molecule has 1 N–H and O–H groups in total. The molecule has 9 heavy (non-hydrogen) atoms. The number of rotatable bonds is 0. The van der Waals surface area contributed by atoms with Gasteiger partial charge in [-0.05, 0) is 15.9 Å². The molecule has 0 spiro atoms. The first-order valence-corrected chi connectivity index (χ1v) is 3.62. The topological polar surface area (TPSA) is 29.9 Å². The minimum atomic E-state index is 0.987. The molecule has 0 radical (unpaired) electrons. The van der Waals surface area contributed by atoms with E-state index < -0.39 is 0 Å². The third-order valence-corrected chi connectivity index (χ3v) is 1.99. The number of hydrogen-bond donors (Lipinski definition) is 1. The predicted molar refractivity (Wildman–Crippen MR) is 38.4 cm³/mol. The van der Waals surface area contributed by atoms with Gasteiger partial charge >= 0.3 is 0 Å². The molecule has 3 nitrogen and oxygen atoms in total. The summed E-state index contributed by atoms with van der Waals surface area (Å²) in [7, 11) is 0. The Labute approximate surface area is 61.2 Å². The fraction of sp³-hybridized carbons (Fsp3) is 0.400. The largest absolute Gasteiger partial charge is 0.367 e. The quantitative estimate of drug-likeness (QED) is 0.659. The lowest BCUT2D eigenvalue weighted by Crippen LogP contribution is -1.94. The van der Waals surface area contributed by atoms with E-state index >= 15 is 0 Å². The van der Waals surface area contributed by atoms with Gasteiger partial charge in [-0.15, -0.1) is 0 Å². The van der Waals surface area contributed by atoms with E-state index in [9.17, 15) is 0 Å². The Bertz CT molecular complexity index is 230. The zero-order chi connectivity index (χ0) is 6.27. The van der Waals surface area contributed by atoms with Gasteiger partial charge in [-0.2, -0.15) is 5.10 Å². The van der Waals surface area contributed by atoms with Gasteiger partial charge in [-0.1, -0.05) is 0 Å². The second-order valence-corrected chi connectivity index (χ2v) is 2.85. The van der Waals surface area contributed by atoms with E-state index in [1.807, 2.05) is 10.9 Å². The SMILES string of the molecule is Brc1cnn2c1NCC2. The summed E-state index contributed by atoms with van der Waals surface area (Å²) in [6.45, 7) is 1.99. The molecular formula is C5H6BrN3. The molecule has 2 heterocycles. The van der Waals surface area contributed by atoms with Gasteiger partial charge in [0.25, 0.3) is 0 Å². The Balaban J connectivity index is 2.56. The normalized spacial score (nSPS) is 15.2. The maximum atomic E-state index is 4.10. The predicted octanol–water partition coefficient (Wildman–Crippen LogP) is 1.07. The van der Waals surface area contributed by atoms with Crippen molar-refractivity contribution in [1.29, 1.82) is 0 Å². The lowest BCUT2D eigenvalue weighted by molar-refractivity contribution is 0.696. The Kier molecular flexibility index (Phi) is 1.02. The molecule has 0 unspecified atom stereocenters. The highest BCUT2D eigenvalue weighted by Crippen LogP contribution is 2.23. The highest BCUT2D eigenvalue weighted by atomic mass is 79.9. The molecule has 0 amide bonds. The van der Waals surface area contributed by atoms with Gasteiger partial charge < -0.3 is 5.32 Å². The van der Waals surface area contributed by atoms with E-state index in [4.69, 9.17) is 0 Å². The third-order valence-electron chi connectivity index (χ3n) is 1.41. The molecule has 48 valence electrons. The highest BCUT2D eigenvalue weighted by Gasteiger charge is 2.12. The van der Waals surface area contributed by atoms with Crippen molar-refractivity contribution in [1.82, 2.24) is 9.78 Å². The Morgan fingerprint density at radius 1 is 1.78 bits per heavy atom. The smallest absolute Gasteiger partial charge is 0.138 e. The monoisotopic (exact) mass is 187 g/mol. The van der Waals surface area contributed by atoms with E-state index in [2.05, 4.69) is 26.3 Å². The zero-order valence-corrected chi connectivity index (χ0v) is 6.35. The van der Waals surface area contributed by atoms with E-state index in [0.29, 0.717) is 0 Å². The molecule has 1 aromatic rings. The average Bonchev–Trinajstić information content (AvgIpc) is 2.35. The van der Waals surface area contributed by atoms with Crippen LogP contribution in [0.15, 0.2) is 10.7 Å². The second kappa shape index (κ2) is 1.73. The molecule has 0 bridgehead atoms. The lowest BCUT2D eigenvalue weighted by Gasteiger charge is -1.90. The average molecular weight is 188 g/mol. The summed E-state index contributed by atoms with van der Waals surface area (Å²) < 4.78 is 3.00. The van der Waals surface area contributed by atoms with Crippen molar-refractivity contribution in [2.24, 2.45) is 0 Å². The van der Waals surface area contributed by atoms with Gasteiger partial charge in [0.05, 0.1) is 17.2 Å². The molecule has 0 aromatic carbocycles. The number of halogens is 1. The van der Waals surface area contributed by atoms with Crippen molar-refractivity contribution in [2.45, 2.75) is 6.54 Å². The van der Waals surface area contributed by atoms with E-state index in [1.54, 1.807) is 0 Å². The molecule has 1 aliphatic rings. The third kappa shape index (κ3) is 0.660. The summed E-state index contributed by atoms with van der Waals surface area (Å²) in [5.74, 6) is 1.11. The number of aromatic nitrogens is 2. The van der Waals surface area contributed by atoms with E-state index in [0.717, 1.165) is 23.4 Å². The van der Waals surface area contributed by atoms with Crippen molar-refractivity contribution in [3.05, 3.63) is 10.7 Å². The van der Waals surface area contributed by atoms with Gasteiger partial charge in [0.15, 0.2) is 0 Å². The molecule has 4 heteroatoms. The lowest BCUT2D eigenvalue weighted by atomic mass is 10.6. The number of fused-ring (bicyclic) bond motifs is 1. The van der Waals surface area contributed by atoms with Crippen LogP contribution in [0.25, 0.3) is 0 Å². The Morgan fingerprint density at radius 2 is 2.67 bits per heavy atom. The number of nitrogens with zero attached hydrogens (tertiary/aromatic N) is 2. The number of hydrogen-bond acceptors (Lipinski definition) is 2. The van der Waals surface area contributed by atoms with Crippen molar-refractivity contribution in [3.8, 4) is 0 Å². The van der Waals surface area contributed by atoms with Gasteiger partial charge in [0, 0.05) is 6.54 Å². The molecule has 0 aliphatic carbocycles. The van der Waals surface area contributed by atoms with Crippen LogP contribution in [0, 0.1) is 0 Å². The first-order chi connectivity index (χ1) is 4.38. The molecule has 0 saturated heterocycles. The minimum absolute atomic E-state index is 0.987. The van der Waals surface area contributed by atoms with Crippen LogP contribution < -0.4 is 5.32 Å². The highest BCUT2D eigenvalue weighted by molar-refractivity contribution is 9.10. The molecular weight excluding hydrogens is 182 g/mol. The van der Waals surface area contributed by atoms with Crippen LogP contribution in [0.5, 0.6) is 0 Å². The summed E-state index contributed by atoms with van der Waals surface area (Å²) >= 11 is 3.37. The summed E-state index contributed by atoms with van der Waals surface area (Å²) in [6.07, 6.45) is 1.81. The fourth-order valence-electron chi connectivity index (χ4n) is 0.988. The van der Waals surface area contributed by atoms with Crippen molar-refractivity contribution in [2.75, 3.05) is 11.9 Å². The van der Waals surface area contributed by atoms with Gasteiger partial charge in [0.1, 0.15) is 5.82 Å². The van der Waals surface area contributed by atoms with Crippen LogP contribution in [0.3, 0.4) is 0 Å². The minimum Gasteiger partial charge on any atom is -0.367 e. The Hall–Kier alpha value is -0.510. The molecule has 2 rings (SSSR count). The summed E-state index contributed by atoms with van der Waals surface area (Å²) in [5, 5.41) is 7.31. The summed E-state index contributed by atoms with van der Waals surface area (Å²) in [4.78, 5) is 0. The van der Waals surface area contributed by atoms with Crippen LogP contribution in [0.4, 0.5) is 5.82 Å². The summed E-state index contributed by atoms with van der Waals surface area (Å²) in [6, 6.07) is 0. The van der Waals surface area contributed by atoms with Crippen LogP contribution >= 0.6 is 15.9 Å². The zero-order valence-electron chi connectivity index (χ0n) is 4.76. The second-order valence-electron chi connectivity index (χ2n) is 1.99. The molecule has 1 aromatic heterocycles. The molecule has 0 atom stereocenters. The molecule has 0 saturated carbocycles. The van der Waals surface area contributed by atoms with Crippen LogP contribution in [-0.2, 0) is 6.54 Å². The molecule has 1 aliphatic heterocycles. The van der Waals surface area contributed by atoms with Crippen molar-refractivity contribution >= 4 is 21.7 Å². The standard InChI is InChI=1S/C5H6BrN3/c6-4-3-8-9-2-1-7-5(4)9/h3,7H,1-2H2. The van der Waals surface area contributed by atoms with E-state index in [1.165, 1.54) is 0 Å². The number of nitrogens with one attached hydrogen (secondary N) is 1. The Morgan fingerprint density at radius 3 is 3.44 bits per heavy atom. The number of anilines is 1. The van der Waals surface area contributed by atoms with Crippen molar-refractivity contribution in [3.63, 3.8) is 0 Å². The van der Waals surface area contributed by atoms with Crippen LogP contribution in [0.2, 0.25) is 0 Å². The first-order valence-electron chi connectivity index (χ1n) is 2.83. The van der Waals surface area contributed by atoms with Gasteiger partial charge in [-0.3, -0.25) is 0 Å². The van der Waals surface area contributed by atoms with E-state index in [-0.39, 0.29) is 0 Å².